The Hall–Kier alpha value is -1.81. The molecular weight excluding hydrogens is 284 g/mol. The standard InChI is InChI=1S/C16H19ClN4/c1-2-9-18-14-10-15(21-16(20-14)11-3-4-11)19-13-7-5-12(17)6-8-13/h5-8,10-11H,2-4,9H2,1H3,(H2,18,19,20,21). The fourth-order valence-electron chi connectivity index (χ4n) is 2.08. The first-order valence-corrected chi connectivity index (χ1v) is 7.78. The number of rotatable bonds is 6. The molecule has 0 unspecified atom stereocenters. The van der Waals surface area contributed by atoms with Gasteiger partial charge in [-0.25, -0.2) is 9.97 Å². The molecule has 1 fully saturated rings. The highest BCUT2D eigenvalue weighted by molar-refractivity contribution is 6.30. The van der Waals surface area contributed by atoms with Crippen LogP contribution in [-0.4, -0.2) is 16.5 Å². The lowest BCUT2D eigenvalue weighted by molar-refractivity contribution is 0.911. The van der Waals surface area contributed by atoms with Crippen molar-refractivity contribution in [1.82, 2.24) is 9.97 Å². The van der Waals surface area contributed by atoms with Gasteiger partial charge in [-0.05, 0) is 43.5 Å². The number of nitrogens with zero attached hydrogens (tertiary/aromatic N) is 2. The monoisotopic (exact) mass is 302 g/mol. The molecule has 5 heteroatoms. The lowest BCUT2D eigenvalue weighted by Crippen LogP contribution is -2.06. The van der Waals surface area contributed by atoms with Gasteiger partial charge in [0.1, 0.15) is 17.5 Å². The summed E-state index contributed by atoms with van der Waals surface area (Å²) in [4.78, 5) is 9.23. The SMILES string of the molecule is CCCNc1cc(Nc2ccc(Cl)cc2)nc(C2CC2)n1. The Morgan fingerprint density at radius 1 is 1.14 bits per heavy atom. The van der Waals surface area contributed by atoms with Crippen molar-refractivity contribution in [2.24, 2.45) is 0 Å². The van der Waals surface area contributed by atoms with Crippen molar-refractivity contribution in [2.75, 3.05) is 17.2 Å². The number of anilines is 3. The van der Waals surface area contributed by atoms with Crippen LogP contribution in [-0.2, 0) is 0 Å². The first kappa shape index (κ1) is 14.1. The van der Waals surface area contributed by atoms with E-state index in [0.29, 0.717) is 5.92 Å². The Morgan fingerprint density at radius 3 is 2.52 bits per heavy atom. The van der Waals surface area contributed by atoms with E-state index in [9.17, 15) is 0 Å². The second-order valence-electron chi connectivity index (χ2n) is 5.33. The van der Waals surface area contributed by atoms with Gasteiger partial charge < -0.3 is 10.6 Å². The van der Waals surface area contributed by atoms with Gasteiger partial charge in [-0.1, -0.05) is 18.5 Å². The predicted octanol–water partition coefficient (Wildman–Crippen LogP) is 4.57. The van der Waals surface area contributed by atoms with Crippen LogP contribution in [0.15, 0.2) is 30.3 Å². The van der Waals surface area contributed by atoms with Crippen LogP contribution in [0.4, 0.5) is 17.3 Å². The van der Waals surface area contributed by atoms with E-state index in [-0.39, 0.29) is 0 Å². The second kappa shape index (κ2) is 6.31. The molecule has 1 aromatic carbocycles. The molecule has 0 radical (unpaired) electrons. The summed E-state index contributed by atoms with van der Waals surface area (Å²) >= 11 is 5.91. The maximum absolute atomic E-state index is 5.91. The minimum Gasteiger partial charge on any atom is -0.370 e. The van der Waals surface area contributed by atoms with Crippen molar-refractivity contribution in [2.45, 2.75) is 32.1 Å². The third kappa shape index (κ3) is 3.85. The summed E-state index contributed by atoms with van der Waals surface area (Å²) in [6, 6.07) is 9.57. The first-order chi connectivity index (χ1) is 10.2. The molecule has 1 saturated carbocycles. The maximum Gasteiger partial charge on any atom is 0.136 e. The van der Waals surface area contributed by atoms with Crippen LogP contribution in [0.2, 0.25) is 5.02 Å². The van der Waals surface area contributed by atoms with Crippen LogP contribution >= 0.6 is 11.6 Å². The number of benzene rings is 1. The smallest absolute Gasteiger partial charge is 0.136 e. The summed E-state index contributed by atoms with van der Waals surface area (Å²) < 4.78 is 0. The van der Waals surface area contributed by atoms with Crippen molar-refractivity contribution in [3.63, 3.8) is 0 Å². The molecule has 0 aliphatic heterocycles. The Balaban J connectivity index is 1.82. The van der Waals surface area contributed by atoms with E-state index in [0.717, 1.165) is 41.1 Å². The second-order valence-corrected chi connectivity index (χ2v) is 5.77. The highest BCUT2D eigenvalue weighted by Crippen LogP contribution is 2.39. The molecule has 21 heavy (non-hydrogen) atoms. The quantitative estimate of drug-likeness (QED) is 0.820. The fourth-order valence-corrected chi connectivity index (χ4v) is 2.20. The Morgan fingerprint density at radius 2 is 1.86 bits per heavy atom. The zero-order chi connectivity index (χ0) is 14.7. The van der Waals surface area contributed by atoms with Gasteiger partial charge in [0.25, 0.3) is 0 Å². The third-order valence-electron chi connectivity index (χ3n) is 3.36. The summed E-state index contributed by atoms with van der Waals surface area (Å²) in [5.74, 6) is 3.18. The molecular formula is C16H19ClN4. The highest BCUT2D eigenvalue weighted by atomic mass is 35.5. The van der Waals surface area contributed by atoms with Gasteiger partial charge in [0.2, 0.25) is 0 Å². The molecule has 0 spiro atoms. The van der Waals surface area contributed by atoms with Crippen molar-refractivity contribution in [3.8, 4) is 0 Å². The molecule has 1 aromatic heterocycles. The zero-order valence-corrected chi connectivity index (χ0v) is 12.8. The van der Waals surface area contributed by atoms with Gasteiger partial charge in [-0.2, -0.15) is 0 Å². The topological polar surface area (TPSA) is 49.8 Å². The van der Waals surface area contributed by atoms with E-state index >= 15 is 0 Å². The molecule has 1 aliphatic rings. The molecule has 2 aromatic rings. The van der Waals surface area contributed by atoms with Crippen LogP contribution in [0.5, 0.6) is 0 Å². The van der Waals surface area contributed by atoms with E-state index < -0.39 is 0 Å². The molecule has 110 valence electrons. The molecule has 2 N–H and O–H groups in total. The van der Waals surface area contributed by atoms with E-state index in [2.05, 4.69) is 27.5 Å². The number of hydrogen-bond acceptors (Lipinski definition) is 4. The van der Waals surface area contributed by atoms with Crippen molar-refractivity contribution >= 4 is 28.9 Å². The molecule has 0 amide bonds. The Labute approximate surface area is 130 Å². The molecule has 3 rings (SSSR count). The van der Waals surface area contributed by atoms with Gasteiger partial charge in [0.15, 0.2) is 0 Å². The van der Waals surface area contributed by atoms with Gasteiger partial charge in [0, 0.05) is 29.2 Å². The minimum atomic E-state index is 0.527. The van der Waals surface area contributed by atoms with E-state index in [1.165, 1.54) is 12.8 Å². The van der Waals surface area contributed by atoms with Crippen LogP contribution in [0.25, 0.3) is 0 Å². The van der Waals surface area contributed by atoms with Crippen LogP contribution in [0, 0.1) is 0 Å². The first-order valence-electron chi connectivity index (χ1n) is 7.40. The maximum atomic E-state index is 5.91. The van der Waals surface area contributed by atoms with Gasteiger partial charge in [-0.15, -0.1) is 0 Å². The van der Waals surface area contributed by atoms with Gasteiger partial charge >= 0.3 is 0 Å². The molecule has 0 atom stereocenters. The number of hydrogen-bond donors (Lipinski definition) is 2. The number of nitrogens with one attached hydrogen (secondary N) is 2. The Bertz CT molecular complexity index is 608. The van der Waals surface area contributed by atoms with Crippen molar-refractivity contribution in [1.29, 1.82) is 0 Å². The fraction of sp³-hybridized carbons (Fsp3) is 0.375. The normalized spacial score (nSPS) is 14.0. The van der Waals surface area contributed by atoms with Gasteiger partial charge in [-0.3, -0.25) is 0 Å². The molecule has 1 heterocycles. The Kier molecular flexibility index (Phi) is 4.25. The summed E-state index contributed by atoms with van der Waals surface area (Å²) in [5.41, 5.74) is 0.973. The van der Waals surface area contributed by atoms with Crippen LogP contribution in [0.3, 0.4) is 0 Å². The third-order valence-corrected chi connectivity index (χ3v) is 3.61. The average molecular weight is 303 g/mol. The van der Waals surface area contributed by atoms with E-state index in [1.54, 1.807) is 0 Å². The highest BCUT2D eigenvalue weighted by Gasteiger charge is 2.27. The van der Waals surface area contributed by atoms with Crippen LogP contribution in [0.1, 0.15) is 37.9 Å². The lowest BCUT2D eigenvalue weighted by atomic mass is 10.3. The summed E-state index contributed by atoms with van der Waals surface area (Å²) in [5, 5.41) is 7.39. The number of halogens is 1. The molecule has 0 saturated heterocycles. The average Bonchev–Trinajstić information content (AvgIpc) is 3.32. The molecule has 4 nitrogen and oxygen atoms in total. The zero-order valence-electron chi connectivity index (χ0n) is 12.1. The largest absolute Gasteiger partial charge is 0.370 e. The van der Waals surface area contributed by atoms with E-state index in [1.807, 2.05) is 30.3 Å². The number of aromatic nitrogens is 2. The summed E-state index contributed by atoms with van der Waals surface area (Å²) in [6.07, 6.45) is 3.46. The summed E-state index contributed by atoms with van der Waals surface area (Å²) in [6.45, 7) is 3.06. The van der Waals surface area contributed by atoms with Crippen molar-refractivity contribution < 1.29 is 0 Å². The van der Waals surface area contributed by atoms with E-state index in [4.69, 9.17) is 11.6 Å². The minimum absolute atomic E-state index is 0.527. The van der Waals surface area contributed by atoms with Crippen molar-refractivity contribution in [3.05, 3.63) is 41.2 Å². The summed E-state index contributed by atoms with van der Waals surface area (Å²) in [7, 11) is 0. The molecule has 1 aliphatic carbocycles. The van der Waals surface area contributed by atoms with Gasteiger partial charge in [0.05, 0.1) is 0 Å². The predicted molar refractivity (Wildman–Crippen MR) is 87.5 cm³/mol. The molecule has 0 bridgehead atoms. The lowest BCUT2D eigenvalue weighted by Gasteiger charge is -2.11. The van der Waals surface area contributed by atoms with Crippen LogP contribution < -0.4 is 10.6 Å².